The third kappa shape index (κ3) is 4.18. The Morgan fingerprint density at radius 3 is 2.30 bits per heavy atom. The molecule has 0 fully saturated rings. The zero-order valence-electron chi connectivity index (χ0n) is 13.2. The van der Waals surface area contributed by atoms with Crippen LogP contribution < -0.4 is 5.32 Å². The number of rotatable bonds is 5. The normalized spacial score (nSPS) is 12.7. The number of ether oxygens (including phenoxy) is 1. The molecule has 0 saturated carbocycles. The first kappa shape index (κ1) is 17.2. The van der Waals surface area contributed by atoms with Crippen molar-refractivity contribution in [3.05, 3.63) is 59.7 Å². The van der Waals surface area contributed by atoms with E-state index in [9.17, 15) is 13.2 Å². The Kier molecular flexibility index (Phi) is 5.18. The molecule has 122 valence electrons. The van der Waals surface area contributed by atoms with Gasteiger partial charge in [-0.2, -0.15) is 0 Å². The fraction of sp³-hybridized carbons (Fsp3) is 0.235. The molecule has 0 aromatic heterocycles. The molecule has 0 saturated heterocycles. The molecule has 0 heterocycles. The van der Waals surface area contributed by atoms with Crippen molar-refractivity contribution in [2.45, 2.75) is 17.9 Å². The highest BCUT2D eigenvalue weighted by atomic mass is 32.2. The lowest BCUT2D eigenvalue weighted by Gasteiger charge is -2.17. The maximum atomic E-state index is 12.4. The summed E-state index contributed by atoms with van der Waals surface area (Å²) in [7, 11) is -1.80. The maximum Gasteiger partial charge on any atom is 0.258 e. The second-order valence-electron chi connectivity index (χ2n) is 5.26. The number of benzene rings is 2. The van der Waals surface area contributed by atoms with Gasteiger partial charge in [0.2, 0.25) is 0 Å². The minimum absolute atomic E-state index is 0.222. The van der Waals surface area contributed by atoms with Gasteiger partial charge in [-0.05, 0) is 36.2 Å². The summed E-state index contributed by atoms with van der Waals surface area (Å²) < 4.78 is 28.4. The molecule has 0 radical (unpaired) electrons. The fourth-order valence-corrected chi connectivity index (χ4v) is 2.93. The number of aryl methyl sites for hydroxylation is 1. The summed E-state index contributed by atoms with van der Waals surface area (Å²) in [5.74, 6) is -0.311. The summed E-state index contributed by atoms with van der Waals surface area (Å²) in [4.78, 5) is 12.6. The van der Waals surface area contributed by atoms with Crippen LogP contribution >= 0.6 is 0 Å². The van der Waals surface area contributed by atoms with Crippen LogP contribution in [0.15, 0.2) is 53.4 Å². The highest BCUT2D eigenvalue weighted by Gasteiger charge is 2.20. The lowest BCUT2D eigenvalue weighted by Crippen LogP contribution is -2.23. The molecule has 23 heavy (non-hydrogen) atoms. The molecule has 0 bridgehead atoms. The van der Waals surface area contributed by atoms with Crippen LogP contribution in [0.5, 0.6) is 0 Å². The summed E-state index contributed by atoms with van der Waals surface area (Å²) in [6, 6.07) is 13.8. The molecular weight excluding hydrogens is 314 g/mol. The van der Waals surface area contributed by atoms with Gasteiger partial charge < -0.3 is 10.1 Å². The molecular formula is C17H19NO4S. The fourth-order valence-electron chi connectivity index (χ4n) is 2.23. The third-order valence-electron chi connectivity index (χ3n) is 3.46. The van der Waals surface area contributed by atoms with Crippen molar-refractivity contribution in [3.63, 3.8) is 0 Å². The number of carbonyl (C=O) groups excluding carboxylic acids is 1. The average Bonchev–Trinajstić information content (AvgIpc) is 2.50. The molecule has 0 aliphatic heterocycles. The van der Waals surface area contributed by atoms with E-state index >= 15 is 0 Å². The van der Waals surface area contributed by atoms with E-state index in [1.54, 1.807) is 13.0 Å². The van der Waals surface area contributed by atoms with Crippen molar-refractivity contribution < 1.29 is 17.9 Å². The van der Waals surface area contributed by atoms with E-state index in [-0.39, 0.29) is 10.8 Å². The summed E-state index contributed by atoms with van der Waals surface area (Å²) in [5.41, 5.74) is 1.97. The van der Waals surface area contributed by atoms with Gasteiger partial charge >= 0.3 is 0 Å². The van der Waals surface area contributed by atoms with Crippen LogP contribution in [0.3, 0.4) is 0 Å². The number of hydrogen-bond donors (Lipinski definition) is 1. The van der Waals surface area contributed by atoms with E-state index in [0.29, 0.717) is 11.3 Å². The first-order valence-electron chi connectivity index (χ1n) is 7.02. The van der Waals surface area contributed by atoms with Crippen LogP contribution in [0.2, 0.25) is 0 Å². The quantitative estimate of drug-likeness (QED) is 0.913. The first-order valence-corrected chi connectivity index (χ1v) is 8.91. The summed E-state index contributed by atoms with van der Waals surface area (Å²) >= 11 is 0. The monoisotopic (exact) mass is 333 g/mol. The van der Waals surface area contributed by atoms with Gasteiger partial charge in [0, 0.05) is 19.1 Å². The standard InChI is InChI=1S/C17H19NO4S/c1-12-11-14(23(3,20)21)9-10-15(12)18-17(19)16(22-2)13-7-5-4-6-8-13/h4-11,16H,1-3H3,(H,18,19)/t16-/m0/s1. The number of amides is 1. The predicted octanol–water partition coefficient (Wildman–Crippen LogP) is 2.72. The SMILES string of the molecule is CO[C@H](C(=O)Nc1ccc(S(C)(=O)=O)cc1C)c1ccccc1. The molecule has 2 rings (SSSR count). The molecule has 0 spiro atoms. The van der Waals surface area contributed by atoms with E-state index < -0.39 is 15.9 Å². The second-order valence-corrected chi connectivity index (χ2v) is 7.28. The summed E-state index contributed by atoms with van der Waals surface area (Å²) in [6.45, 7) is 1.74. The van der Waals surface area contributed by atoms with Crippen molar-refractivity contribution in [2.24, 2.45) is 0 Å². The summed E-state index contributed by atoms with van der Waals surface area (Å²) in [6.07, 6.45) is 0.418. The van der Waals surface area contributed by atoms with E-state index in [4.69, 9.17) is 4.74 Å². The molecule has 0 unspecified atom stereocenters. The molecule has 0 aliphatic carbocycles. The smallest absolute Gasteiger partial charge is 0.258 e. The Hall–Kier alpha value is -2.18. The molecule has 1 atom stereocenters. The number of nitrogens with one attached hydrogen (secondary N) is 1. The van der Waals surface area contributed by atoms with Crippen molar-refractivity contribution in [2.75, 3.05) is 18.7 Å². The van der Waals surface area contributed by atoms with Gasteiger partial charge in [0.15, 0.2) is 15.9 Å². The number of carbonyl (C=O) groups is 1. The van der Waals surface area contributed by atoms with Gasteiger partial charge in [0.1, 0.15) is 0 Å². The Morgan fingerprint density at radius 2 is 1.78 bits per heavy atom. The van der Waals surface area contributed by atoms with E-state index in [0.717, 1.165) is 11.8 Å². The lowest BCUT2D eigenvalue weighted by molar-refractivity contribution is -0.126. The Morgan fingerprint density at radius 1 is 1.13 bits per heavy atom. The van der Waals surface area contributed by atoms with E-state index in [1.165, 1.54) is 19.2 Å². The Bertz CT molecular complexity index is 801. The van der Waals surface area contributed by atoms with Gasteiger partial charge in [0.05, 0.1) is 4.90 Å². The third-order valence-corrected chi connectivity index (χ3v) is 4.57. The molecule has 0 aliphatic rings. The van der Waals surface area contributed by atoms with Crippen LogP contribution in [-0.4, -0.2) is 27.7 Å². The number of sulfone groups is 1. The van der Waals surface area contributed by atoms with Gasteiger partial charge in [-0.25, -0.2) is 8.42 Å². The average molecular weight is 333 g/mol. The zero-order chi connectivity index (χ0) is 17.0. The zero-order valence-corrected chi connectivity index (χ0v) is 14.1. The van der Waals surface area contributed by atoms with Crippen LogP contribution in [0, 0.1) is 6.92 Å². The number of methoxy groups -OCH3 is 1. The highest BCUT2D eigenvalue weighted by Crippen LogP contribution is 2.23. The van der Waals surface area contributed by atoms with Crippen molar-refractivity contribution in [1.82, 2.24) is 0 Å². The number of anilines is 1. The molecule has 1 amide bonds. The second kappa shape index (κ2) is 6.93. The van der Waals surface area contributed by atoms with Crippen molar-refractivity contribution in [3.8, 4) is 0 Å². The predicted molar refractivity (Wildman–Crippen MR) is 89.1 cm³/mol. The topological polar surface area (TPSA) is 72.5 Å². The van der Waals surface area contributed by atoms with Crippen molar-refractivity contribution >= 4 is 21.4 Å². The van der Waals surface area contributed by atoms with Crippen molar-refractivity contribution in [1.29, 1.82) is 0 Å². The first-order chi connectivity index (χ1) is 10.8. The summed E-state index contributed by atoms with van der Waals surface area (Å²) in [5, 5.41) is 2.78. The van der Waals surface area contributed by atoms with E-state index in [1.807, 2.05) is 30.3 Å². The molecule has 2 aromatic carbocycles. The Labute approximate surface area is 136 Å². The highest BCUT2D eigenvalue weighted by molar-refractivity contribution is 7.90. The molecule has 2 aromatic rings. The van der Waals surface area contributed by atoms with Gasteiger partial charge in [-0.3, -0.25) is 4.79 Å². The maximum absolute atomic E-state index is 12.4. The van der Waals surface area contributed by atoms with Crippen LogP contribution in [0.25, 0.3) is 0 Å². The van der Waals surface area contributed by atoms with Gasteiger partial charge in [-0.1, -0.05) is 30.3 Å². The van der Waals surface area contributed by atoms with Crippen LogP contribution in [0.1, 0.15) is 17.2 Å². The largest absolute Gasteiger partial charge is 0.367 e. The molecule has 1 N–H and O–H groups in total. The molecule has 6 heteroatoms. The Balaban J connectivity index is 2.23. The van der Waals surface area contributed by atoms with Gasteiger partial charge in [-0.15, -0.1) is 0 Å². The van der Waals surface area contributed by atoms with Crippen LogP contribution in [-0.2, 0) is 19.4 Å². The minimum Gasteiger partial charge on any atom is -0.367 e. The number of hydrogen-bond acceptors (Lipinski definition) is 4. The van der Waals surface area contributed by atoms with Gasteiger partial charge in [0.25, 0.3) is 5.91 Å². The van der Waals surface area contributed by atoms with E-state index in [2.05, 4.69) is 5.32 Å². The minimum atomic E-state index is -3.27. The lowest BCUT2D eigenvalue weighted by atomic mass is 10.1. The van der Waals surface area contributed by atoms with Crippen LogP contribution in [0.4, 0.5) is 5.69 Å². The molecule has 5 nitrogen and oxygen atoms in total.